The molecule has 0 radical (unpaired) electrons. The number of aromatic carboxylic acids is 1. The molecule has 1 aromatic rings. The summed E-state index contributed by atoms with van der Waals surface area (Å²) < 4.78 is 10.4. The Hall–Kier alpha value is -3.74. The van der Waals surface area contributed by atoms with E-state index >= 15 is 0 Å². The highest BCUT2D eigenvalue weighted by molar-refractivity contribution is 5.90. The number of benzene rings is 1. The zero-order valence-electron chi connectivity index (χ0n) is 23.4. The van der Waals surface area contributed by atoms with Crippen molar-refractivity contribution in [2.45, 2.75) is 86.5 Å². The van der Waals surface area contributed by atoms with Crippen LogP contribution in [-0.2, 0) is 20.8 Å². The molecule has 0 aliphatic carbocycles. The Labute approximate surface area is 225 Å². The van der Waals surface area contributed by atoms with Crippen molar-refractivity contribution >= 4 is 24.2 Å². The second kappa shape index (κ2) is 16.9. The summed E-state index contributed by atoms with van der Waals surface area (Å²) in [5.41, 5.74) is 4.79. The van der Waals surface area contributed by atoms with Crippen LogP contribution in [0.4, 0.5) is 0 Å². The Morgan fingerprint density at radius 3 is 1.89 bits per heavy atom. The molecule has 7 nitrogen and oxygen atoms in total. The van der Waals surface area contributed by atoms with Crippen LogP contribution >= 0.6 is 0 Å². The van der Waals surface area contributed by atoms with Crippen molar-refractivity contribution in [2.24, 2.45) is 0 Å². The fourth-order valence-corrected chi connectivity index (χ4v) is 3.68. The predicted octanol–water partition coefficient (Wildman–Crippen LogP) is 7.10. The smallest absolute Gasteiger partial charge is 0.335 e. The van der Waals surface area contributed by atoms with Gasteiger partial charge in [-0.15, -0.1) is 0 Å². The van der Waals surface area contributed by atoms with Crippen molar-refractivity contribution in [3.8, 4) is 11.5 Å². The topological polar surface area (TPSA) is 107 Å². The maximum Gasteiger partial charge on any atom is 0.335 e. The summed E-state index contributed by atoms with van der Waals surface area (Å²) in [5, 5.41) is 9.46. The Balaban J connectivity index is 2.84. The van der Waals surface area contributed by atoms with E-state index in [2.05, 4.69) is 19.1 Å². The van der Waals surface area contributed by atoms with Gasteiger partial charge in [0, 0.05) is 19.4 Å². The lowest BCUT2D eigenvalue weighted by Gasteiger charge is -2.14. The van der Waals surface area contributed by atoms with Crippen LogP contribution in [0, 0.1) is 0 Å². The van der Waals surface area contributed by atoms with Crippen LogP contribution in [0.15, 0.2) is 58.7 Å². The maximum absolute atomic E-state index is 11.6. The van der Waals surface area contributed by atoms with Gasteiger partial charge < -0.3 is 14.6 Å². The number of allylic oxidation sites excluding steroid dienone is 8. The van der Waals surface area contributed by atoms with Crippen LogP contribution in [0.2, 0.25) is 0 Å². The lowest BCUT2D eigenvalue weighted by Crippen LogP contribution is -2.11. The van der Waals surface area contributed by atoms with Gasteiger partial charge in [-0.25, -0.2) is 4.79 Å². The first-order chi connectivity index (χ1) is 17.9. The van der Waals surface area contributed by atoms with Crippen molar-refractivity contribution < 1.29 is 33.8 Å². The normalized spacial score (nSPS) is 12.1. The highest BCUT2D eigenvalue weighted by atomic mass is 16.6. The molecule has 7 heteroatoms. The molecule has 0 heterocycles. The van der Waals surface area contributed by atoms with Crippen LogP contribution < -0.4 is 9.47 Å². The molecule has 1 N–H and O–H groups in total. The maximum atomic E-state index is 11.6. The second-order valence-electron chi connectivity index (χ2n) is 9.55. The lowest BCUT2D eigenvalue weighted by molar-refractivity contribution is -0.134. The van der Waals surface area contributed by atoms with Crippen LogP contribution in [0.25, 0.3) is 0 Å². The summed E-state index contributed by atoms with van der Waals surface area (Å²) in [6.07, 6.45) is 14.5. The van der Waals surface area contributed by atoms with Gasteiger partial charge >= 0.3 is 17.9 Å². The summed E-state index contributed by atoms with van der Waals surface area (Å²) >= 11 is 0. The number of esters is 2. The first-order valence-corrected chi connectivity index (χ1v) is 12.8. The van der Waals surface area contributed by atoms with E-state index in [1.807, 2.05) is 32.9 Å². The predicted molar refractivity (Wildman–Crippen MR) is 149 cm³/mol. The minimum Gasteiger partial charge on any atom is -0.478 e. The van der Waals surface area contributed by atoms with Crippen LogP contribution in [0.1, 0.15) is 96.0 Å². The molecular formula is C31H40O7. The molecule has 0 unspecified atom stereocenters. The number of carboxylic acids is 1. The van der Waals surface area contributed by atoms with E-state index in [-0.39, 0.29) is 17.1 Å². The molecule has 0 spiro atoms. The number of hydrogen-bond acceptors (Lipinski definition) is 6. The van der Waals surface area contributed by atoms with E-state index in [1.165, 1.54) is 37.1 Å². The van der Waals surface area contributed by atoms with Gasteiger partial charge in [-0.1, -0.05) is 41.0 Å². The van der Waals surface area contributed by atoms with Gasteiger partial charge in [-0.2, -0.15) is 0 Å². The lowest BCUT2D eigenvalue weighted by atomic mass is 10.0. The molecule has 0 saturated heterocycles. The molecule has 38 heavy (non-hydrogen) atoms. The third-order valence-electron chi connectivity index (χ3n) is 5.66. The first-order valence-electron chi connectivity index (χ1n) is 12.8. The molecule has 206 valence electrons. The first kappa shape index (κ1) is 32.3. The van der Waals surface area contributed by atoms with E-state index in [0.29, 0.717) is 12.0 Å². The standard InChI is InChI=1S/C31H40O7/c1-21(2)10-7-14-26(20-32)15-9-13-22(3)11-8-12-23(4)16-17-27-18-28(31(35)36)19-29(37-24(5)33)30(27)38-25(6)34/h10-11,15-16,18-20H,7-9,12-14,17H2,1-6H3,(H,35,36)/b22-11+,23-16+,26-15+. The average molecular weight is 525 g/mol. The van der Waals surface area contributed by atoms with Crippen molar-refractivity contribution in [1.29, 1.82) is 0 Å². The number of aldehydes is 1. The number of rotatable bonds is 15. The summed E-state index contributed by atoms with van der Waals surface area (Å²) in [6.45, 7) is 10.6. The van der Waals surface area contributed by atoms with E-state index in [9.17, 15) is 24.3 Å². The Morgan fingerprint density at radius 1 is 0.763 bits per heavy atom. The molecule has 0 fully saturated rings. The largest absolute Gasteiger partial charge is 0.478 e. The molecule has 0 atom stereocenters. The molecule has 1 aromatic carbocycles. The highest BCUT2D eigenvalue weighted by Gasteiger charge is 2.19. The number of carbonyl (C=O) groups excluding carboxylic acids is 3. The third kappa shape index (κ3) is 13.0. The number of hydrogen-bond donors (Lipinski definition) is 1. The molecule has 0 amide bonds. The zero-order chi connectivity index (χ0) is 28.7. The third-order valence-corrected chi connectivity index (χ3v) is 5.66. The van der Waals surface area contributed by atoms with E-state index in [4.69, 9.17) is 9.47 Å². The van der Waals surface area contributed by atoms with Crippen molar-refractivity contribution in [3.05, 3.63) is 69.9 Å². The van der Waals surface area contributed by atoms with Crippen LogP contribution in [0.5, 0.6) is 11.5 Å². The van der Waals surface area contributed by atoms with Crippen molar-refractivity contribution in [1.82, 2.24) is 0 Å². The Morgan fingerprint density at radius 2 is 1.34 bits per heavy atom. The van der Waals surface area contributed by atoms with E-state index < -0.39 is 17.9 Å². The molecule has 1 rings (SSSR count). The summed E-state index contributed by atoms with van der Waals surface area (Å²) in [5.74, 6) is -2.50. The molecule has 0 aliphatic rings. The van der Waals surface area contributed by atoms with E-state index in [1.54, 1.807) is 0 Å². The summed E-state index contributed by atoms with van der Waals surface area (Å²) in [4.78, 5) is 46.0. The molecule has 0 saturated carbocycles. The number of ether oxygens (including phenoxy) is 2. The second-order valence-corrected chi connectivity index (χ2v) is 9.55. The Kier molecular flexibility index (Phi) is 14.4. The summed E-state index contributed by atoms with van der Waals surface area (Å²) in [7, 11) is 0. The number of carbonyl (C=O) groups is 4. The molecule has 0 bridgehead atoms. The van der Waals surface area contributed by atoms with Gasteiger partial charge in [0.05, 0.1) is 5.56 Å². The van der Waals surface area contributed by atoms with Crippen LogP contribution in [0.3, 0.4) is 0 Å². The van der Waals surface area contributed by atoms with Crippen molar-refractivity contribution in [3.63, 3.8) is 0 Å². The summed E-state index contributed by atoms with van der Waals surface area (Å²) in [6, 6.07) is 2.59. The minimum atomic E-state index is -1.18. The van der Waals surface area contributed by atoms with Crippen molar-refractivity contribution in [2.75, 3.05) is 0 Å². The monoisotopic (exact) mass is 524 g/mol. The average Bonchev–Trinajstić information content (AvgIpc) is 2.82. The quantitative estimate of drug-likeness (QED) is 0.0857. The van der Waals surface area contributed by atoms with Crippen LogP contribution in [-0.4, -0.2) is 29.3 Å². The SMILES string of the molecule is CC(=O)Oc1cc(C(=O)O)cc(C/C=C(\C)CC/C=C(\C)CC/C=C(/C=O)CCC=C(C)C)c1OC(C)=O. The van der Waals surface area contributed by atoms with Gasteiger partial charge in [-0.3, -0.25) is 14.4 Å². The van der Waals surface area contributed by atoms with Gasteiger partial charge in [0.1, 0.15) is 6.29 Å². The van der Waals surface area contributed by atoms with Gasteiger partial charge in [0.15, 0.2) is 11.5 Å². The highest BCUT2D eigenvalue weighted by Crippen LogP contribution is 2.34. The Bertz CT molecular complexity index is 1130. The van der Waals surface area contributed by atoms with Gasteiger partial charge in [0.2, 0.25) is 0 Å². The number of carboxylic acid groups (broad SMARTS) is 1. The molecule has 0 aromatic heterocycles. The fraction of sp³-hybridized carbons (Fsp3) is 0.419. The minimum absolute atomic E-state index is 0.0427. The molecule has 0 aliphatic heterocycles. The van der Waals surface area contributed by atoms with E-state index in [0.717, 1.165) is 56.0 Å². The molecular weight excluding hydrogens is 484 g/mol. The fourth-order valence-electron chi connectivity index (χ4n) is 3.68. The van der Waals surface area contributed by atoms with Gasteiger partial charge in [0.25, 0.3) is 0 Å². The van der Waals surface area contributed by atoms with Gasteiger partial charge in [-0.05, 0) is 90.3 Å². The zero-order valence-corrected chi connectivity index (χ0v) is 23.4.